The Balaban J connectivity index is 2.74. The number of esters is 1. The molecule has 0 unspecified atom stereocenters. The highest BCUT2D eigenvalue weighted by atomic mass is 16.5. The van der Waals surface area contributed by atoms with E-state index in [1.54, 1.807) is 31.2 Å². The predicted octanol–water partition coefficient (Wildman–Crippen LogP) is 1.36. The number of rotatable bonds is 3. The van der Waals surface area contributed by atoms with Crippen LogP contribution in [0.15, 0.2) is 36.0 Å². The van der Waals surface area contributed by atoms with Crippen molar-refractivity contribution >= 4 is 11.9 Å². The van der Waals surface area contributed by atoms with Gasteiger partial charge in [0.25, 0.3) is 5.91 Å². The zero-order valence-corrected chi connectivity index (χ0v) is 10.1. The molecule has 0 aromatic heterocycles. The molecule has 0 atom stereocenters. The largest absolute Gasteiger partial charge is 0.466 e. The van der Waals surface area contributed by atoms with Gasteiger partial charge >= 0.3 is 5.97 Å². The van der Waals surface area contributed by atoms with Crippen LogP contribution in [0.4, 0.5) is 0 Å². The van der Waals surface area contributed by atoms with Crippen LogP contribution in [0, 0.1) is 11.3 Å². The zero-order chi connectivity index (χ0) is 13.5. The van der Waals surface area contributed by atoms with Crippen molar-refractivity contribution in [2.45, 2.75) is 6.92 Å². The fraction of sp³-hybridized carbons (Fsp3) is 0.154. The Morgan fingerprint density at radius 1 is 1.33 bits per heavy atom. The number of hydrogen-bond donors (Lipinski definition) is 1. The summed E-state index contributed by atoms with van der Waals surface area (Å²) in [6, 6.07) is 8.15. The fourth-order valence-corrected chi connectivity index (χ4v) is 1.22. The Hall–Kier alpha value is -2.61. The number of carbonyl (C=O) groups is 2. The van der Waals surface area contributed by atoms with E-state index in [9.17, 15) is 9.59 Å². The predicted molar refractivity (Wildman–Crippen MR) is 64.4 cm³/mol. The summed E-state index contributed by atoms with van der Waals surface area (Å²) in [5.74, 6) is -0.884. The molecular formula is C13H12N2O3. The molecule has 0 saturated heterocycles. The average molecular weight is 244 g/mol. The van der Waals surface area contributed by atoms with Crippen LogP contribution in [0.1, 0.15) is 22.8 Å². The number of amides is 1. The second-order valence-corrected chi connectivity index (χ2v) is 3.49. The highest BCUT2D eigenvalue weighted by Gasteiger charge is 2.06. The van der Waals surface area contributed by atoms with Crippen molar-refractivity contribution in [1.82, 2.24) is 5.32 Å². The molecule has 0 fully saturated rings. The minimum Gasteiger partial charge on any atom is -0.466 e. The molecular weight excluding hydrogens is 232 g/mol. The lowest BCUT2D eigenvalue weighted by Crippen LogP contribution is -2.22. The number of nitrogens with zero attached hydrogens (tertiary/aromatic N) is 1. The van der Waals surface area contributed by atoms with Crippen LogP contribution in [-0.4, -0.2) is 19.0 Å². The maximum absolute atomic E-state index is 11.7. The Bertz CT molecular complexity index is 524. The molecule has 0 aliphatic rings. The first-order chi connectivity index (χ1) is 8.56. The van der Waals surface area contributed by atoms with Gasteiger partial charge < -0.3 is 10.1 Å². The van der Waals surface area contributed by atoms with Gasteiger partial charge in [-0.05, 0) is 31.2 Å². The summed E-state index contributed by atoms with van der Waals surface area (Å²) in [5.41, 5.74) is 1.27. The van der Waals surface area contributed by atoms with E-state index in [0.717, 1.165) is 0 Å². The minimum atomic E-state index is -0.535. The SMILES string of the molecule is COC(=O)/C=C(\C)NC(=O)c1ccc(C#N)cc1. The van der Waals surface area contributed by atoms with Crippen molar-refractivity contribution in [2.24, 2.45) is 0 Å². The molecule has 18 heavy (non-hydrogen) atoms. The van der Waals surface area contributed by atoms with Gasteiger partial charge in [-0.3, -0.25) is 4.79 Å². The average Bonchev–Trinajstić information content (AvgIpc) is 2.38. The molecule has 0 heterocycles. The third-order valence-electron chi connectivity index (χ3n) is 2.12. The summed E-state index contributed by atoms with van der Waals surface area (Å²) < 4.78 is 4.44. The lowest BCUT2D eigenvalue weighted by atomic mass is 10.1. The molecule has 1 amide bonds. The van der Waals surface area contributed by atoms with Crippen molar-refractivity contribution in [1.29, 1.82) is 5.26 Å². The number of hydrogen-bond acceptors (Lipinski definition) is 4. The summed E-state index contributed by atoms with van der Waals surface area (Å²) in [7, 11) is 1.26. The lowest BCUT2D eigenvalue weighted by molar-refractivity contribution is -0.134. The molecule has 92 valence electrons. The molecule has 5 heteroatoms. The molecule has 0 aliphatic carbocycles. The lowest BCUT2D eigenvalue weighted by Gasteiger charge is -2.04. The van der Waals surface area contributed by atoms with E-state index in [4.69, 9.17) is 5.26 Å². The molecule has 0 radical (unpaired) electrons. The third-order valence-corrected chi connectivity index (χ3v) is 2.12. The number of ether oxygens (including phenoxy) is 1. The van der Waals surface area contributed by atoms with Crippen LogP contribution in [0.5, 0.6) is 0 Å². The Morgan fingerprint density at radius 2 is 1.94 bits per heavy atom. The van der Waals surface area contributed by atoms with E-state index >= 15 is 0 Å². The quantitative estimate of drug-likeness (QED) is 0.643. The van der Waals surface area contributed by atoms with Crippen molar-refractivity contribution < 1.29 is 14.3 Å². The first kappa shape index (κ1) is 13.5. The van der Waals surface area contributed by atoms with Gasteiger partial charge in [0.15, 0.2) is 0 Å². The number of allylic oxidation sites excluding steroid dienone is 1. The molecule has 1 aromatic rings. The van der Waals surface area contributed by atoms with Crippen LogP contribution in [0.25, 0.3) is 0 Å². The fourth-order valence-electron chi connectivity index (χ4n) is 1.22. The molecule has 0 spiro atoms. The summed E-state index contributed by atoms with van der Waals surface area (Å²) >= 11 is 0. The molecule has 0 saturated carbocycles. The first-order valence-corrected chi connectivity index (χ1v) is 5.14. The monoisotopic (exact) mass is 244 g/mol. The number of carbonyl (C=O) groups excluding carboxylic acids is 2. The summed E-state index contributed by atoms with van der Waals surface area (Å²) in [6.07, 6.45) is 1.18. The van der Waals surface area contributed by atoms with Gasteiger partial charge in [0.2, 0.25) is 0 Å². The van der Waals surface area contributed by atoms with Crippen LogP contribution < -0.4 is 5.32 Å². The Kier molecular flexibility index (Phi) is 4.64. The normalized spacial score (nSPS) is 10.4. The van der Waals surface area contributed by atoms with Gasteiger partial charge in [0.1, 0.15) is 0 Å². The maximum Gasteiger partial charge on any atom is 0.332 e. The van der Waals surface area contributed by atoms with E-state index in [0.29, 0.717) is 16.8 Å². The van der Waals surface area contributed by atoms with E-state index in [1.807, 2.05) is 6.07 Å². The van der Waals surface area contributed by atoms with Crippen molar-refractivity contribution in [3.63, 3.8) is 0 Å². The molecule has 1 rings (SSSR count). The number of nitriles is 1. The van der Waals surface area contributed by atoms with E-state index in [2.05, 4.69) is 10.1 Å². The number of methoxy groups -OCH3 is 1. The van der Waals surface area contributed by atoms with Crippen LogP contribution >= 0.6 is 0 Å². The second-order valence-electron chi connectivity index (χ2n) is 3.49. The van der Waals surface area contributed by atoms with Gasteiger partial charge in [-0.25, -0.2) is 4.79 Å². The topological polar surface area (TPSA) is 79.2 Å². The number of nitrogens with one attached hydrogen (secondary N) is 1. The molecule has 5 nitrogen and oxygen atoms in total. The van der Waals surface area contributed by atoms with Gasteiger partial charge in [0, 0.05) is 17.3 Å². The minimum absolute atomic E-state index is 0.350. The van der Waals surface area contributed by atoms with E-state index in [1.165, 1.54) is 13.2 Å². The van der Waals surface area contributed by atoms with Crippen molar-refractivity contribution in [2.75, 3.05) is 7.11 Å². The Morgan fingerprint density at radius 3 is 2.44 bits per heavy atom. The summed E-state index contributed by atoms with van der Waals surface area (Å²) in [6.45, 7) is 1.58. The summed E-state index contributed by atoms with van der Waals surface area (Å²) in [5, 5.41) is 11.2. The first-order valence-electron chi connectivity index (χ1n) is 5.14. The second kappa shape index (κ2) is 6.21. The van der Waals surface area contributed by atoms with E-state index < -0.39 is 5.97 Å². The highest BCUT2D eigenvalue weighted by Crippen LogP contribution is 2.04. The third kappa shape index (κ3) is 3.76. The maximum atomic E-state index is 11.7. The number of benzene rings is 1. The highest BCUT2D eigenvalue weighted by molar-refractivity contribution is 5.96. The zero-order valence-electron chi connectivity index (χ0n) is 10.1. The van der Waals surface area contributed by atoms with Gasteiger partial charge in [0.05, 0.1) is 18.7 Å². The summed E-state index contributed by atoms with van der Waals surface area (Å²) in [4.78, 5) is 22.7. The van der Waals surface area contributed by atoms with Gasteiger partial charge in [-0.1, -0.05) is 0 Å². The molecule has 1 N–H and O–H groups in total. The van der Waals surface area contributed by atoms with Crippen molar-refractivity contribution in [3.05, 3.63) is 47.2 Å². The van der Waals surface area contributed by atoms with Crippen molar-refractivity contribution in [3.8, 4) is 6.07 Å². The van der Waals surface area contributed by atoms with E-state index in [-0.39, 0.29) is 5.91 Å². The standard InChI is InChI=1S/C13H12N2O3/c1-9(7-12(16)18-2)15-13(17)11-5-3-10(8-14)4-6-11/h3-7H,1-2H3,(H,15,17)/b9-7+. The molecule has 0 aliphatic heterocycles. The van der Waals surface area contributed by atoms with Gasteiger partial charge in [-0.15, -0.1) is 0 Å². The molecule has 0 bridgehead atoms. The van der Waals surface area contributed by atoms with Crippen LogP contribution in [-0.2, 0) is 9.53 Å². The molecule has 1 aromatic carbocycles. The van der Waals surface area contributed by atoms with Gasteiger partial charge in [-0.2, -0.15) is 5.26 Å². The Labute approximate surface area is 105 Å². The smallest absolute Gasteiger partial charge is 0.332 e. The van der Waals surface area contributed by atoms with Crippen LogP contribution in [0.3, 0.4) is 0 Å². The van der Waals surface area contributed by atoms with Crippen LogP contribution in [0.2, 0.25) is 0 Å².